The summed E-state index contributed by atoms with van der Waals surface area (Å²) in [7, 11) is 0. The Hall–Kier alpha value is -0.830. The van der Waals surface area contributed by atoms with Crippen molar-refractivity contribution in [2.45, 2.75) is 6.92 Å². The Morgan fingerprint density at radius 2 is 2.00 bits per heavy atom. The molecule has 0 saturated heterocycles. The van der Waals surface area contributed by atoms with Crippen LogP contribution in [0.1, 0.15) is 5.56 Å². The Bertz CT molecular complexity index is 273. The molecule has 0 aliphatic rings. The molecule has 0 atom stereocenters. The normalized spacial score (nSPS) is 10.2. The first-order valence-electron chi connectivity index (χ1n) is 2.93. The van der Waals surface area contributed by atoms with Crippen LogP contribution < -0.4 is 5.73 Å². The maximum Gasteiger partial charge on any atom is 0.153 e. The third-order valence-electron chi connectivity index (χ3n) is 1.43. The van der Waals surface area contributed by atoms with Gasteiger partial charge in [-0.1, -0.05) is 11.6 Å². The van der Waals surface area contributed by atoms with E-state index in [1.807, 2.05) is 0 Å². The van der Waals surface area contributed by atoms with Crippen molar-refractivity contribution in [3.05, 3.63) is 28.3 Å². The van der Waals surface area contributed by atoms with Crippen LogP contribution in [0.4, 0.5) is 14.5 Å². The van der Waals surface area contributed by atoms with E-state index in [1.54, 1.807) is 0 Å². The quantitative estimate of drug-likeness (QED) is 0.606. The van der Waals surface area contributed by atoms with Gasteiger partial charge in [0.1, 0.15) is 5.69 Å². The summed E-state index contributed by atoms with van der Waals surface area (Å²) in [6.45, 7) is 1.44. The third-order valence-corrected chi connectivity index (χ3v) is 1.83. The second-order valence-corrected chi connectivity index (χ2v) is 2.60. The average molecular weight is 178 g/mol. The van der Waals surface area contributed by atoms with E-state index in [-0.39, 0.29) is 10.6 Å². The first kappa shape index (κ1) is 8.27. The minimum Gasteiger partial charge on any atom is -0.394 e. The fourth-order valence-corrected chi connectivity index (χ4v) is 0.888. The lowest BCUT2D eigenvalue weighted by Crippen LogP contribution is -1.98. The van der Waals surface area contributed by atoms with Gasteiger partial charge >= 0.3 is 0 Å². The number of halogens is 3. The van der Waals surface area contributed by atoms with E-state index in [4.69, 9.17) is 17.3 Å². The Morgan fingerprint density at radius 3 is 2.55 bits per heavy atom. The van der Waals surface area contributed by atoms with Crippen LogP contribution in [0.5, 0.6) is 0 Å². The molecular weight excluding hydrogens is 172 g/mol. The summed E-state index contributed by atoms with van der Waals surface area (Å²) in [4.78, 5) is 0. The van der Waals surface area contributed by atoms with Crippen molar-refractivity contribution in [1.29, 1.82) is 0 Å². The van der Waals surface area contributed by atoms with E-state index >= 15 is 0 Å². The fraction of sp³-hybridized carbons (Fsp3) is 0.143. The molecular formula is C7H6ClF2N. The van der Waals surface area contributed by atoms with Crippen molar-refractivity contribution in [2.24, 2.45) is 0 Å². The first-order chi connectivity index (χ1) is 5.04. The third kappa shape index (κ3) is 1.28. The highest BCUT2D eigenvalue weighted by Gasteiger charge is 2.11. The van der Waals surface area contributed by atoms with Gasteiger partial charge in [0.05, 0.1) is 0 Å². The van der Waals surface area contributed by atoms with Gasteiger partial charge in [-0.15, -0.1) is 0 Å². The number of anilines is 1. The summed E-state index contributed by atoms with van der Waals surface area (Å²) >= 11 is 5.46. The Balaban J connectivity index is 3.46. The van der Waals surface area contributed by atoms with E-state index in [2.05, 4.69) is 0 Å². The molecule has 1 aromatic carbocycles. The minimum atomic E-state index is -0.821. The lowest BCUT2D eigenvalue weighted by atomic mass is 10.2. The van der Waals surface area contributed by atoms with Crippen molar-refractivity contribution < 1.29 is 8.78 Å². The summed E-state index contributed by atoms with van der Waals surface area (Å²) in [6.07, 6.45) is 0. The first-order valence-corrected chi connectivity index (χ1v) is 3.31. The molecule has 0 aliphatic heterocycles. The van der Waals surface area contributed by atoms with Gasteiger partial charge in [0.2, 0.25) is 0 Å². The van der Waals surface area contributed by atoms with Gasteiger partial charge in [0.25, 0.3) is 0 Å². The Morgan fingerprint density at radius 1 is 1.45 bits per heavy atom. The van der Waals surface area contributed by atoms with Crippen molar-refractivity contribution >= 4 is 17.3 Å². The molecule has 0 saturated carbocycles. The predicted octanol–water partition coefficient (Wildman–Crippen LogP) is 2.51. The summed E-state index contributed by atoms with van der Waals surface area (Å²) < 4.78 is 25.4. The summed E-state index contributed by atoms with van der Waals surface area (Å²) in [5.41, 5.74) is 4.74. The summed E-state index contributed by atoms with van der Waals surface area (Å²) in [5.74, 6) is -1.60. The van der Waals surface area contributed by atoms with E-state index < -0.39 is 17.3 Å². The van der Waals surface area contributed by atoms with E-state index in [1.165, 1.54) is 6.92 Å². The largest absolute Gasteiger partial charge is 0.394 e. The van der Waals surface area contributed by atoms with Crippen molar-refractivity contribution in [2.75, 3.05) is 5.73 Å². The smallest absolute Gasteiger partial charge is 0.153 e. The Labute approximate surface area is 67.8 Å². The van der Waals surface area contributed by atoms with Gasteiger partial charge in [-0.2, -0.15) is 0 Å². The minimum absolute atomic E-state index is 0.0502. The van der Waals surface area contributed by atoms with Crippen LogP contribution in [0.15, 0.2) is 6.07 Å². The summed E-state index contributed by atoms with van der Waals surface area (Å²) in [5, 5.41) is 0.0502. The molecule has 0 spiro atoms. The zero-order valence-corrected chi connectivity index (χ0v) is 6.54. The van der Waals surface area contributed by atoms with E-state index in [9.17, 15) is 8.78 Å². The van der Waals surface area contributed by atoms with Crippen molar-refractivity contribution in [3.8, 4) is 0 Å². The summed E-state index contributed by atoms with van der Waals surface area (Å²) in [6, 6.07) is 0.995. The topological polar surface area (TPSA) is 26.0 Å². The fourth-order valence-electron chi connectivity index (χ4n) is 0.709. The van der Waals surface area contributed by atoms with Crippen LogP contribution in [0.3, 0.4) is 0 Å². The zero-order valence-electron chi connectivity index (χ0n) is 5.79. The highest BCUT2D eigenvalue weighted by molar-refractivity contribution is 6.31. The molecule has 0 aromatic heterocycles. The molecule has 0 aliphatic carbocycles. The lowest BCUT2D eigenvalue weighted by Gasteiger charge is -2.03. The molecule has 0 unspecified atom stereocenters. The molecule has 2 N–H and O–H groups in total. The lowest BCUT2D eigenvalue weighted by molar-refractivity contribution is 0.586. The van der Waals surface area contributed by atoms with Gasteiger partial charge in [-0.3, -0.25) is 0 Å². The molecule has 0 amide bonds. The molecule has 60 valence electrons. The number of nitrogen functional groups attached to an aromatic ring is 1. The van der Waals surface area contributed by atoms with Crippen LogP contribution in [0.25, 0.3) is 0 Å². The van der Waals surface area contributed by atoms with Gasteiger partial charge in [-0.05, 0) is 13.0 Å². The maximum absolute atomic E-state index is 12.8. The van der Waals surface area contributed by atoms with E-state index in [0.717, 1.165) is 6.07 Å². The highest BCUT2D eigenvalue weighted by atomic mass is 35.5. The maximum atomic E-state index is 12.8. The SMILES string of the molecule is Cc1c(Cl)cc(F)c(N)c1F. The molecule has 0 bridgehead atoms. The van der Waals surface area contributed by atoms with E-state index in [0.29, 0.717) is 0 Å². The standard InChI is InChI=1S/C7H6ClF2N/c1-3-4(8)2-5(9)7(11)6(3)10/h2H,11H2,1H3. The van der Waals surface area contributed by atoms with Gasteiger partial charge in [-0.25, -0.2) is 8.78 Å². The molecule has 0 heterocycles. The molecule has 1 aromatic rings. The average Bonchev–Trinajstić information content (AvgIpc) is 1.97. The van der Waals surface area contributed by atoms with Crippen LogP contribution in [-0.2, 0) is 0 Å². The number of benzene rings is 1. The van der Waals surface area contributed by atoms with Crippen molar-refractivity contribution in [3.63, 3.8) is 0 Å². The molecule has 0 fully saturated rings. The van der Waals surface area contributed by atoms with Gasteiger partial charge < -0.3 is 5.73 Å². The monoisotopic (exact) mass is 177 g/mol. The van der Waals surface area contributed by atoms with Crippen LogP contribution in [0.2, 0.25) is 5.02 Å². The van der Waals surface area contributed by atoms with Crippen LogP contribution in [-0.4, -0.2) is 0 Å². The molecule has 11 heavy (non-hydrogen) atoms. The zero-order chi connectivity index (χ0) is 8.59. The van der Waals surface area contributed by atoms with Gasteiger partial charge in [0, 0.05) is 10.6 Å². The number of hydrogen-bond acceptors (Lipinski definition) is 1. The van der Waals surface area contributed by atoms with Crippen molar-refractivity contribution in [1.82, 2.24) is 0 Å². The van der Waals surface area contributed by atoms with Crippen LogP contribution in [0, 0.1) is 18.6 Å². The molecule has 1 rings (SSSR count). The highest BCUT2D eigenvalue weighted by Crippen LogP contribution is 2.25. The second kappa shape index (κ2) is 2.66. The molecule has 0 radical (unpaired) electrons. The number of rotatable bonds is 0. The predicted molar refractivity (Wildman–Crippen MR) is 40.5 cm³/mol. The second-order valence-electron chi connectivity index (χ2n) is 2.19. The number of hydrogen-bond donors (Lipinski definition) is 1. The molecule has 4 heteroatoms. The van der Waals surface area contributed by atoms with Crippen LogP contribution >= 0.6 is 11.6 Å². The molecule has 1 nitrogen and oxygen atoms in total. The number of nitrogens with two attached hydrogens (primary N) is 1. The Kier molecular flexibility index (Phi) is 2.00. The van der Waals surface area contributed by atoms with Gasteiger partial charge in [0.15, 0.2) is 11.6 Å².